The van der Waals surface area contributed by atoms with Gasteiger partial charge in [0.1, 0.15) is 0 Å². The fraction of sp³-hybridized carbons (Fsp3) is 0.348. The van der Waals surface area contributed by atoms with Crippen molar-refractivity contribution in [1.82, 2.24) is 14.5 Å². The fourth-order valence-corrected chi connectivity index (χ4v) is 4.73. The normalized spacial score (nSPS) is 16.9. The van der Waals surface area contributed by atoms with Crippen molar-refractivity contribution in [2.75, 3.05) is 12.3 Å². The Morgan fingerprint density at radius 1 is 1.10 bits per heavy atom. The number of carbonyl (C=O) groups is 1. The smallest absolute Gasteiger partial charge is 0.262 e. The van der Waals surface area contributed by atoms with Crippen LogP contribution >= 0.6 is 11.8 Å². The number of carbonyl (C=O) groups excluding carboxylic acids is 1. The van der Waals surface area contributed by atoms with Gasteiger partial charge in [0.05, 0.1) is 23.2 Å². The molecule has 6 heteroatoms. The van der Waals surface area contributed by atoms with Gasteiger partial charge in [-0.05, 0) is 43.9 Å². The highest BCUT2D eigenvalue weighted by Gasteiger charge is 2.23. The van der Waals surface area contributed by atoms with Crippen molar-refractivity contribution in [1.29, 1.82) is 0 Å². The number of hydrogen-bond acceptors (Lipinski definition) is 4. The van der Waals surface area contributed by atoms with E-state index >= 15 is 0 Å². The molecule has 150 valence electrons. The number of piperidine rings is 1. The van der Waals surface area contributed by atoms with E-state index in [1.807, 2.05) is 53.4 Å². The number of rotatable bonds is 5. The maximum atomic E-state index is 13.2. The largest absolute Gasteiger partial charge is 0.339 e. The van der Waals surface area contributed by atoms with E-state index in [-0.39, 0.29) is 17.5 Å². The third-order valence-corrected chi connectivity index (χ3v) is 6.42. The second-order valence-electron chi connectivity index (χ2n) is 7.51. The van der Waals surface area contributed by atoms with Crippen molar-refractivity contribution in [2.45, 2.75) is 43.9 Å². The number of benzene rings is 2. The second kappa shape index (κ2) is 8.82. The van der Waals surface area contributed by atoms with Crippen molar-refractivity contribution >= 4 is 28.6 Å². The first kappa shape index (κ1) is 19.7. The molecule has 1 aromatic heterocycles. The maximum absolute atomic E-state index is 13.2. The van der Waals surface area contributed by atoms with E-state index in [2.05, 4.69) is 6.92 Å². The van der Waals surface area contributed by atoms with Gasteiger partial charge < -0.3 is 4.90 Å². The average Bonchev–Trinajstić information content (AvgIpc) is 2.75. The van der Waals surface area contributed by atoms with E-state index in [1.165, 1.54) is 18.2 Å². The molecule has 0 bridgehead atoms. The van der Waals surface area contributed by atoms with Crippen molar-refractivity contribution in [3.8, 4) is 0 Å². The SMILES string of the molecule is C[C@H]1CCCCN1C(=O)CSc1nc2ccccc2c(=O)n1Cc1ccccc1. The van der Waals surface area contributed by atoms with Crippen molar-refractivity contribution < 1.29 is 4.79 Å². The zero-order valence-corrected chi connectivity index (χ0v) is 17.4. The molecule has 0 N–H and O–H groups in total. The van der Waals surface area contributed by atoms with Crippen LogP contribution in [-0.2, 0) is 11.3 Å². The lowest BCUT2D eigenvalue weighted by atomic mass is 10.0. The zero-order chi connectivity index (χ0) is 20.2. The molecule has 1 amide bonds. The van der Waals surface area contributed by atoms with Gasteiger partial charge in [0.15, 0.2) is 5.16 Å². The predicted octanol–water partition coefficient (Wildman–Crippen LogP) is 3.94. The maximum Gasteiger partial charge on any atom is 0.262 e. The number of thioether (sulfide) groups is 1. The highest BCUT2D eigenvalue weighted by atomic mass is 32.2. The quantitative estimate of drug-likeness (QED) is 0.475. The number of fused-ring (bicyclic) bond motifs is 1. The minimum atomic E-state index is -0.0688. The summed E-state index contributed by atoms with van der Waals surface area (Å²) in [4.78, 5) is 32.6. The monoisotopic (exact) mass is 407 g/mol. The van der Waals surface area contributed by atoms with Gasteiger partial charge in [0.2, 0.25) is 5.91 Å². The molecular weight excluding hydrogens is 382 g/mol. The molecule has 1 saturated heterocycles. The molecule has 3 aromatic rings. The Labute approximate surface area is 174 Å². The summed E-state index contributed by atoms with van der Waals surface area (Å²) in [7, 11) is 0. The first-order valence-corrected chi connectivity index (χ1v) is 11.1. The highest BCUT2D eigenvalue weighted by molar-refractivity contribution is 7.99. The van der Waals surface area contributed by atoms with Crippen LogP contribution in [0, 0.1) is 0 Å². The molecular formula is C23H25N3O2S. The van der Waals surface area contributed by atoms with E-state index in [4.69, 9.17) is 4.98 Å². The second-order valence-corrected chi connectivity index (χ2v) is 8.45. The summed E-state index contributed by atoms with van der Waals surface area (Å²) in [5, 5.41) is 1.19. The molecule has 1 fully saturated rings. The van der Waals surface area contributed by atoms with Crippen LogP contribution in [-0.4, -0.2) is 38.7 Å². The van der Waals surface area contributed by atoms with Crippen LogP contribution in [0.4, 0.5) is 0 Å². The Bertz CT molecular complexity index is 1060. The number of amides is 1. The Morgan fingerprint density at radius 3 is 2.66 bits per heavy atom. The molecule has 5 nitrogen and oxygen atoms in total. The number of likely N-dealkylation sites (tertiary alicyclic amines) is 1. The summed E-state index contributed by atoms with van der Waals surface area (Å²) in [6.07, 6.45) is 3.30. The van der Waals surface area contributed by atoms with Crippen molar-refractivity contribution in [2.24, 2.45) is 0 Å². The van der Waals surface area contributed by atoms with E-state index in [0.29, 0.717) is 28.4 Å². The van der Waals surface area contributed by atoms with Gasteiger partial charge in [-0.2, -0.15) is 0 Å². The van der Waals surface area contributed by atoms with Crippen molar-refractivity contribution in [3.63, 3.8) is 0 Å². The molecule has 1 aliphatic heterocycles. The van der Waals surface area contributed by atoms with Gasteiger partial charge in [-0.25, -0.2) is 4.98 Å². The zero-order valence-electron chi connectivity index (χ0n) is 16.6. The fourth-order valence-electron chi connectivity index (χ4n) is 3.84. The summed E-state index contributed by atoms with van der Waals surface area (Å²) >= 11 is 1.36. The van der Waals surface area contributed by atoms with E-state index < -0.39 is 0 Å². The van der Waals surface area contributed by atoms with Gasteiger partial charge in [-0.15, -0.1) is 0 Å². The van der Waals surface area contributed by atoms with Gasteiger partial charge in [-0.3, -0.25) is 14.2 Å². The third kappa shape index (κ3) is 4.37. The topological polar surface area (TPSA) is 55.2 Å². The Hall–Kier alpha value is -2.60. The standard InChI is InChI=1S/C23H25N3O2S/c1-17-9-7-8-14-25(17)21(27)16-29-23-24-20-13-6-5-12-19(20)22(28)26(23)15-18-10-3-2-4-11-18/h2-6,10-13,17H,7-9,14-16H2,1H3/t17-/m0/s1. The summed E-state index contributed by atoms with van der Waals surface area (Å²) < 4.78 is 1.69. The van der Waals surface area contributed by atoms with Crippen LogP contribution in [0.25, 0.3) is 10.9 Å². The molecule has 0 saturated carbocycles. The lowest BCUT2D eigenvalue weighted by Gasteiger charge is -2.33. The molecule has 0 unspecified atom stereocenters. The molecule has 4 rings (SSSR count). The van der Waals surface area contributed by atoms with Gasteiger partial charge in [0.25, 0.3) is 5.56 Å². The molecule has 0 spiro atoms. The summed E-state index contributed by atoms with van der Waals surface area (Å²) in [5.41, 5.74) is 1.63. The van der Waals surface area contributed by atoms with E-state index in [0.717, 1.165) is 24.9 Å². The molecule has 1 atom stereocenters. The summed E-state index contributed by atoms with van der Waals surface area (Å²) in [6.45, 7) is 3.37. The summed E-state index contributed by atoms with van der Waals surface area (Å²) in [6, 6.07) is 17.5. The third-order valence-electron chi connectivity index (χ3n) is 5.46. The molecule has 2 heterocycles. The van der Waals surface area contributed by atoms with Crippen LogP contribution < -0.4 is 5.56 Å². The molecule has 29 heavy (non-hydrogen) atoms. The van der Waals surface area contributed by atoms with E-state index in [1.54, 1.807) is 10.6 Å². The number of hydrogen-bond donors (Lipinski definition) is 0. The molecule has 0 aliphatic carbocycles. The Balaban J connectivity index is 1.64. The van der Waals surface area contributed by atoms with Crippen LogP contribution in [0.5, 0.6) is 0 Å². The lowest BCUT2D eigenvalue weighted by Crippen LogP contribution is -2.43. The van der Waals surface area contributed by atoms with Crippen LogP contribution in [0.3, 0.4) is 0 Å². The minimum absolute atomic E-state index is 0.0688. The Kier molecular flexibility index (Phi) is 6.00. The van der Waals surface area contributed by atoms with Gasteiger partial charge in [-0.1, -0.05) is 54.2 Å². The molecule has 0 radical (unpaired) electrons. The highest BCUT2D eigenvalue weighted by Crippen LogP contribution is 2.22. The van der Waals surface area contributed by atoms with Crippen LogP contribution in [0.15, 0.2) is 64.5 Å². The van der Waals surface area contributed by atoms with Crippen LogP contribution in [0.2, 0.25) is 0 Å². The van der Waals surface area contributed by atoms with Gasteiger partial charge >= 0.3 is 0 Å². The summed E-state index contributed by atoms with van der Waals surface area (Å²) in [5.74, 6) is 0.417. The average molecular weight is 408 g/mol. The minimum Gasteiger partial charge on any atom is -0.339 e. The first-order valence-electron chi connectivity index (χ1n) is 10.1. The van der Waals surface area contributed by atoms with Crippen molar-refractivity contribution in [3.05, 3.63) is 70.5 Å². The molecule has 1 aliphatic rings. The lowest BCUT2D eigenvalue weighted by molar-refractivity contribution is -0.131. The molecule has 2 aromatic carbocycles. The number of para-hydroxylation sites is 1. The first-order chi connectivity index (χ1) is 14.1. The predicted molar refractivity (Wildman–Crippen MR) is 117 cm³/mol. The van der Waals surface area contributed by atoms with Crippen LogP contribution in [0.1, 0.15) is 31.7 Å². The number of nitrogens with zero attached hydrogens (tertiary/aromatic N) is 3. The Morgan fingerprint density at radius 2 is 1.86 bits per heavy atom. The van der Waals surface area contributed by atoms with E-state index in [9.17, 15) is 9.59 Å². The van der Waals surface area contributed by atoms with Gasteiger partial charge in [0, 0.05) is 12.6 Å². The number of aromatic nitrogens is 2.